The highest BCUT2D eigenvalue weighted by Gasteiger charge is 2.47. The van der Waals surface area contributed by atoms with Crippen LogP contribution in [-0.2, 0) is 0 Å². The standard InChI is InChI=1S/C16H18N2O2S2/c19-7-12-9-1-2-10(5-9)14(12)18-15(20)13-6-17-16(22-13)11-3-4-21-8-11/h3-4,6,8-10,12,14,19H,1-2,5,7H2,(H,18,20). The lowest BCUT2D eigenvalue weighted by atomic mass is 9.85. The van der Waals surface area contributed by atoms with Crippen LogP contribution >= 0.6 is 22.7 Å². The lowest BCUT2D eigenvalue weighted by molar-refractivity contribution is 0.0865. The van der Waals surface area contributed by atoms with Gasteiger partial charge in [0.05, 0.1) is 6.20 Å². The molecule has 2 aliphatic rings. The molecule has 6 heteroatoms. The average Bonchev–Trinajstić information content (AvgIpc) is 3.28. The second kappa shape index (κ2) is 5.76. The fraction of sp³-hybridized carbons (Fsp3) is 0.500. The monoisotopic (exact) mass is 334 g/mol. The van der Waals surface area contributed by atoms with Crippen molar-refractivity contribution in [3.63, 3.8) is 0 Å². The minimum Gasteiger partial charge on any atom is -0.396 e. The SMILES string of the molecule is O=C(NC1C2CCC(C2)C1CO)c1cnc(-c2ccsc2)s1. The zero-order valence-electron chi connectivity index (χ0n) is 12.1. The number of aliphatic hydroxyl groups is 1. The van der Waals surface area contributed by atoms with E-state index in [1.807, 2.05) is 16.8 Å². The Bertz CT molecular complexity index is 668. The summed E-state index contributed by atoms with van der Waals surface area (Å²) in [5.74, 6) is 1.31. The number of carbonyl (C=O) groups is 1. The lowest BCUT2D eigenvalue weighted by Crippen LogP contribution is -2.45. The van der Waals surface area contributed by atoms with Crippen molar-refractivity contribution in [1.29, 1.82) is 0 Å². The van der Waals surface area contributed by atoms with E-state index < -0.39 is 0 Å². The Balaban J connectivity index is 1.48. The van der Waals surface area contributed by atoms with E-state index in [-0.39, 0.29) is 24.5 Å². The summed E-state index contributed by atoms with van der Waals surface area (Å²) in [5, 5.41) is 17.7. The van der Waals surface area contributed by atoms with Crippen LogP contribution in [0.2, 0.25) is 0 Å². The van der Waals surface area contributed by atoms with Gasteiger partial charge >= 0.3 is 0 Å². The summed E-state index contributed by atoms with van der Waals surface area (Å²) in [5.41, 5.74) is 1.07. The van der Waals surface area contributed by atoms with Gasteiger partial charge in [-0.25, -0.2) is 4.98 Å². The number of thiophene rings is 1. The second-order valence-electron chi connectivity index (χ2n) is 6.22. The Hall–Kier alpha value is -1.24. The van der Waals surface area contributed by atoms with Gasteiger partial charge in [-0.15, -0.1) is 11.3 Å². The Morgan fingerprint density at radius 3 is 3.05 bits per heavy atom. The third-order valence-electron chi connectivity index (χ3n) is 5.09. The van der Waals surface area contributed by atoms with Crippen molar-refractivity contribution in [3.05, 3.63) is 27.9 Å². The number of fused-ring (bicyclic) bond motifs is 2. The summed E-state index contributed by atoms with van der Waals surface area (Å²) < 4.78 is 0. The van der Waals surface area contributed by atoms with E-state index in [2.05, 4.69) is 10.3 Å². The summed E-state index contributed by atoms with van der Waals surface area (Å²) in [6.07, 6.45) is 5.19. The third kappa shape index (κ3) is 2.39. The summed E-state index contributed by atoms with van der Waals surface area (Å²) in [4.78, 5) is 17.5. The van der Waals surface area contributed by atoms with Crippen molar-refractivity contribution < 1.29 is 9.90 Å². The highest BCUT2D eigenvalue weighted by molar-refractivity contribution is 7.17. The molecule has 0 aromatic carbocycles. The van der Waals surface area contributed by atoms with Gasteiger partial charge in [0.15, 0.2) is 0 Å². The van der Waals surface area contributed by atoms with Crippen LogP contribution in [0.4, 0.5) is 0 Å². The van der Waals surface area contributed by atoms with Crippen molar-refractivity contribution in [1.82, 2.24) is 10.3 Å². The lowest BCUT2D eigenvalue weighted by Gasteiger charge is -2.30. The van der Waals surface area contributed by atoms with Gasteiger partial charge in [-0.1, -0.05) is 0 Å². The number of aliphatic hydroxyl groups excluding tert-OH is 1. The molecule has 2 aromatic heterocycles. The molecule has 0 radical (unpaired) electrons. The maximum Gasteiger partial charge on any atom is 0.263 e. The molecule has 4 rings (SSSR count). The van der Waals surface area contributed by atoms with E-state index in [1.54, 1.807) is 17.5 Å². The smallest absolute Gasteiger partial charge is 0.263 e. The molecule has 4 atom stereocenters. The predicted octanol–water partition coefficient (Wildman–Crippen LogP) is 3.01. The van der Waals surface area contributed by atoms with Crippen molar-refractivity contribution in [2.45, 2.75) is 25.3 Å². The van der Waals surface area contributed by atoms with Gasteiger partial charge in [0.1, 0.15) is 9.88 Å². The molecule has 1 amide bonds. The number of aromatic nitrogens is 1. The molecule has 2 aromatic rings. The Morgan fingerprint density at radius 2 is 2.27 bits per heavy atom. The highest BCUT2D eigenvalue weighted by Crippen LogP contribution is 2.48. The van der Waals surface area contributed by atoms with E-state index in [1.165, 1.54) is 24.2 Å². The van der Waals surface area contributed by atoms with Crippen molar-refractivity contribution in [2.24, 2.45) is 17.8 Å². The van der Waals surface area contributed by atoms with Crippen molar-refractivity contribution in [2.75, 3.05) is 6.61 Å². The molecule has 0 spiro atoms. The number of hydrogen-bond donors (Lipinski definition) is 2. The maximum atomic E-state index is 12.5. The van der Waals surface area contributed by atoms with Gasteiger partial charge in [0, 0.05) is 29.5 Å². The van der Waals surface area contributed by atoms with Crippen LogP contribution in [-0.4, -0.2) is 28.6 Å². The molecular weight excluding hydrogens is 316 g/mol. The number of nitrogens with zero attached hydrogens (tertiary/aromatic N) is 1. The molecular formula is C16H18N2O2S2. The first-order valence-electron chi connectivity index (χ1n) is 7.66. The first-order chi connectivity index (χ1) is 10.8. The average molecular weight is 334 g/mol. The molecule has 2 saturated carbocycles. The first kappa shape index (κ1) is 14.4. The zero-order valence-corrected chi connectivity index (χ0v) is 13.7. The number of nitrogens with one attached hydrogen (secondary N) is 1. The van der Waals surface area contributed by atoms with Gasteiger partial charge in [0.2, 0.25) is 0 Å². The Kier molecular flexibility index (Phi) is 3.76. The summed E-state index contributed by atoms with van der Waals surface area (Å²) in [6, 6.07) is 2.14. The normalized spacial score (nSPS) is 29.9. The third-order valence-corrected chi connectivity index (χ3v) is 6.82. The second-order valence-corrected chi connectivity index (χ2v) is 8.03. The summed E-state index contributed by atoms with van der Waals surface area (Å²) >= 11 is 3.06. The van der Waals surface area contributed by atoms with Crippen LogP contribution in [0.1, 0.15) is 28.9 Å². The molecule has 2 N–H and O–H groups in total. The predicted molar refractivity (Wildman–Crippen MR) is 88.1 cm³/mol. The minimum absolute atomic E-state index is 0.0463. The number of rotatable bonds is 4. The molecule has 4 nitrogen and oxygen atoms in total. The molecule has 2 aliphatic carbocycles. The molecule has 0 saturated heterocycles. The quantitative estimate of drug-likeness (QED) is 0.903. The topological polar surface area (TPSA) is 62.2 Å². The van der Waals surface area contributed by atoms with E-state index in [9.17, 15) is 9.90 Å². The Morgan fingerprint density at radius 1 is 1.41 bits per heavy atom. The minimum atomic E-state index is -0.0463. The van der Waals surface area contributed by atoms with Gasteiger partial charge < -0.3 is 10.4 Å². The van der Waals surface area contributed by atoms with E-state index in [4.69, 9.17) is 0 Å². The zero-order chi connectivity index (χ0) is 15.1. The molecule has 116 valence electrons. The van der Waals surface area contributed by atoms with Gasteiger partial charge in [0.25, 0.3) is 5.91 Å². The van der Waals surface area contributed by atoms with Crippen LogP contribution in [0.3, 0.4) is 0 Å². The fourth-order valence-electron chi connectivity index (χ4n) is 4.02. The van der Waals surface area contributed by atoms with Gasteiger partial charge in [-0.3, -0.25) is 4.79 Å². The van der Waals surface area contributed by atoms with E-state index >= 15 is 0 Å². The van der Waals surface area contributed by atoms with Crippen molar-refractivity contribution >= 4 is 28.6 Å². The van der Waals surface area contributed by atoms with Crippen LogP contribution in [0.5, 0.6) is 0 Å². The van der Waals surface area contributed by atoms with Crippen LogP contribution < -0.4 is 5.32 Å². The molecule has 2 heterocycles. The molecule has 2 fully saturated rings. The van der Waals surface area contributed by atoms with Gasteiger partial charge in [-0.2, -0.15) is 11.3 Å². The van der Waals surface area contributed by atoms with Gasteiger partial charge in [-0.05, 0) is 42.5 Å². The summed E-state index contributed by atoms with van der Waals surface area (Å²) in [6.45, 7) is 0.176. The van der Waals surface area contributed by atoms with Crippen LogP contribution in [0.25, 0.3) is 10.6 Å². The molecule has 0 aliphatic heterocycles. The molecule has 2 bridgehead atoms. The highest BCUT2D eigenvalue weighted by atomic mass is 32.1. The van der Waals surface area contributed by atoms with Crippen LogP contribution in [0.15, 0.2) is 23.0 Å². The molecule has 22 heavy (non-hydrogen) atoms. The van der Waals surface area contributed by atoms with Crippen molar-refractivity contribution in [3.8, 4) is 10.6 Å². The first-order valence-corrected chi connectivity index (χ1v) is 9.42. The maximum absolute atomic E-state index is 12.5. The van der Waals surface area contributed by atoms with E-state index in [0.717, 1.165) is 17.0 Å². The largest absolute Gasteiger partial charge is 0.396 e. The Labute approximate surface area is 137 Å². The summed E-state index contributed by atoms with van der Waals surface area (Å²) in [7, 11) is 0. The van der Waals surface area contributed by atoms with Crippen LogP contribution in [0, 0.1) is 17.8 Å². The fourth-order valence-corrected chi connectivity index (χ4v) is 5.55. The number of thiazole rings is 1. The number of carbonyl (C=O) groups excluding carboxylic acids is 1. The number of hydrogen-bond acceptors (Lipinski definition) is 5. The number of amides is 1. The molecule has 4 unspecified atom stereocenters. The van der Waals surface area contributed by atoms with E-state index in [0.29, 0.717) is 16.7 Å².